The molecule has 0 amide bonds. The Morgan fingerprint density at radius 1 is 1.21 bits per heavy atom. The van der Waals surface area contributed by atoms with Gasteiger partial charge in [0.2, 0.25) is 0 Å². The van der Waals surface area contributed by atoms with E-state index in [1.165, 1.54) is 10.4 Å². The molecule has 0 fully saturated rings. The fraction of sp³-hybridized carbons (Fsp3) is 0.200. The van der Waals surface area contributed by atoms with Gasteiger partial charge in [-0.05, 0) is 43.5 Å². The van der Waals surface area contributed by atoms with E-state index in [2.05, 4.69) is 91.4 Å². The van der Waals surface area contributed by atoms with Crippen molar-refractivity contribution in [1.29, 1.82) is 0 Å². The summed E-state index contributed by atoms with van der Waals surface area (Å²) in [5, 5.41) is 4.70. The van der Waals surface area contributed by atoms with Crippen LogP contribution in [-0.2, 0) is 6.42 Å². The summed E-state index contributed by atoms with van der Waals surface area (Å²) in [5.41, 5.74) is 4.27. The van der Waals surface area contributed by atoms with E-state index in [1.54, 1.807) is 11.3 Å². The fourth-order valence-corrected chi connectivity index (χ4v) is 4.53. The van der Waals surface area contributed by atoms with Crippen LogP contribution in [-0.4, -0.2) is 15.5 Å². The summed E-state index contributed by atoms with van der Waals surface area (Å²) in [4.78, 5) is 10.7. The van der Waals surface area contributed by atoms with Crippen LogP contribution in [0, 0.1) is 6.92 Å². The predicted molar refractivity (Wildman–Crippen MR) is 124 cm³/mol. The zero-order valence-corrected chi connectivity index (χ0v) is 17.7. The van der Waals surface area contributed by atoms with Gasteiger partial charge >= 0.3 is 0 Å². The van der Waals surface area contributed by atoms with E-state index in [0.29, 0.717) is 0 Å². The van der Waals surface area contributed by atoms with Gasteiger partial charge in [0.05, 0.1) is 21.1 Å². The largest absolute Gasteiger partial charge is 0.357 e. The Hall–Kier alpha value is -2.98. The first kappa shape index (κ1) is 19.3. The van der Waals surface area contributed by atoms with Crippen molar-refractivity contribution >= 4 is 17.2 Å². The van der Waals surface area contributed by atoms with E-state index in [0.717, 1.165) is 40.5 Å². The first-order valence-electron chi connectivity index (χ1n) is 9.92. The van der Waals surface area contributed by atoms with Crippen molar-refractivity contribution in [2.24, 2.45) is 0 Å². The number of anilines is 1. The molecule has 0 unspecified atom stereocenters. The first-order valence-corrected chi connectivity index (χ1v) is 10.7. The Labute approximate surface area is 176 Å². The summed E-state index contributed by atoms with van der Waals surface area (Å²) >= 11 is 1.76. The molecule has 1 atom stereocenters. The third-order valence-corrected chi connectivity index (χ3v) is 6.36. The van der Waals surface area contributed by atoms with E-state index < -0.39 is 0 Å². The summed E-state index contributed by atoms with van der Waals surface area (Å²) in [7, 11) is 0. The summed E-state index contributed by atoms with van der Waals surface area (Å²) in [6, 6.07) is 12.7. The molecule has 1 aliphatic rings. The van der Waals surface area contributed by atoms with Crippen molar-refractivity contribution in [2.45, 2.75) is 32.2 Å². The van der Waals surface area contributed by atoms with Gasteiger partial charge in [-0.25, -0.2) is 9.97 Å². The highest BCUT2D eigenvalue weighted by atomic mass is 32.1. The molecule has 0 spiro atoms. The zero-order valence-electron chi connectivity index (χ0n) is 16.9. The Balaban J connectivity index is 1.73. The quantitative estimate of drug-likeness (QED) is 0.475. The molecule has 0 radical (unpaired) electrons. The maximum Gasteiger partial charge on any atom is 0.127 e. The minimum absolute atomic E-state index is 0.304. The molecule has 0 saturated carbocycles. The van der Waals surface area contributed by atoms with Crippen molar-refractivity contribution in [3.8, 4) is 21.7 Å². The molecule has 0 aliphatic heterocycles. The zero-order chi connectivity index (χ0) is 20.3. The van der Waals surface area contributed by atoms with E-state index in [-0.39, 0.29) is 5.54 Å². The number of hydrogen-bond acceptors (Lipinski definition) is 4. The molecule has 4 rings (SSSR count). The second kappa shape index (κ2) is 8.18. The molecule has 3 nitrogen and oxygen atoms in total. The number of nitrogens with one attached hydrogen (secondary N) is 1. The topological polar surface area (TPSA) is 37.8 Å². The van der Waals surface area contributed by atoms with Crippen LogP contribution in [0.15, 0.2) is 79.6 Å². The van der Waals surface area contributed by atoms with Crippen molar-refractivity contribution in [3.63, 3.8) is 0 Å². The molecule has 2 aromatic heterocycles. The number of nitrogens with zero attached hydrogens (tertiary/aromatic N) is 2. The maximum atomic E-state index is 4.93. The van der Waals surface area contributed by atoms with Crippen LogP contribution in [0.5, 0.6) is 0 Å². The molecule has 146 valence electrons. The normalized spacial score (nSPS) is 18.0. The molecule has 0 saturated heterocycles. The average molecular weight is 400 g/mol. The number of aromatic nitrogens is 2. The second-order valence-corrected chi connectivity index (χ2v) is 8.38. The van der Waals surface area contributed by atoms with Gasteiger partial charge in [0.1, 0.15) is 5.82 Å². The number of thiazole rings is 1. The van der Waals surface area contributed by atoms with Gasteiger partial charge < -0.3 is 5.32 Å². The molecule has 1 aliphatic carbocycles. The van der Waals surface area contributed by atoms with Crippen LogP contribution >= 0.6 is 11.3 Å². The van der Waals surface area contributed by atoms with Crippen LogP contribution in [0.2, 0.25) is 0 Å². The number of aryl methyl sites for hydroxylation is 2. The molecular formula is C25H25N3S. The van der Waals surface area contributed by atoms with Crippen molar-refractivity contribution in [3.05, 3.63) is 90.1 Å². The van der Waals surface area contributed by atoms with Crippen LogP contribution in [0.3, 0.4) is 0 Å². The summed E-state index contributed by atoms with van der Waals surface area (Å²) in [6.45, 7) is 8.29. The average Bonchev–Trinajstić information content (AvgIpc) is 3.19. The molecule has 29 heavy (non-hydrogen) atoms. The highest BCUT2D eigenvalue weighted by molar-refractivity contribution is 7.15. The molecule has 2 heterocycles. The monoisotopic (exact) mass is 399 g/mol. The number of hydrogen-bond donors (Lipinski definition) is 1. The number of rotatable bonds is 6. The lowest BCUT2D eigenvalue weighted by atomic mass is 9.91. The number of benzene rings is 1. The predicted octanol–water partition coefficient (Wildman–Crippen LogP) is 6.60. The Kier molecular flexibility index (Phi) is 5.45. The standard InChI is InChI=1S/C25H25N3S/c1-4-22-27-23(19-11-9-10-18(3)16-19)24(29-22)20-12-15-26-21(17-20)28-25(5-2)13-7-6-8-14-25/h5-13,15-17H,2,4,14H2,1,3H3,(H,26,28)/t25-/m1/s1. The minimum atomic E-state index is -0.304. The maximum absolute atomic E-state index is 4.93. The molecule has 1 aromatic carbocycles. The van der Waals surface area contributed by atoms with Crippen molar-refractivity contribution < 1.29 is 0 Å². The SMILES string of the molecule is C=C[C@@]1(Nc2cc(-c3sc(CC)nc3-c3cccc(C)c3)ccn2)C=CC=CC1. The fourth-order valence-electron chi connectivity index (χ4n) is 3.51. The van der Waals surface area contributed by atoms with Crippen molar-refractivity contribution in [2.75, 3.05) is 5.32 Å². The Bertz CT molecular complexity index is 1090. The Morgan fingerprint density at radius 3 is 2.83 bits per heavy atom. The molecule has 1 N–H and O–H groups in total. The number of allylic oxidation sites excluding steroid dienone is 2. The highest BCUT2D eigenvalue weighted by Gasteiger charge is 2.24. The molecule has 3 aromatic rings. The first-order chi connectivity index (χ1) is 14.1. The van der Waals surface area contributed by atoms with Crippen LogP contribution in [0.25, 0.3) is 21.7 Å². The van der Waals surface area contributed by atoms with E-state index in [1.807, 2.05) is 12.3 Å². The lowest BCUT2D eigenvalue weighted by Gasteiger charge is -2.29. The van der Waals surface area contributed by atoms with Gasteiger partial charge in [-0.15, -0.1) is 17.9 Å². The lowest BCUT2D eigenvalue weighted by molar-refractivity contribution is 0.712. The number of pyridine rings is 1. The molecule has 0 bridgehead atoms. The van der Waals surface area contributed by atoms with Gasteiger partial charge in [0.15, 0.2) is 0 Å². The summed E-state index contributed by atoms with van der Waals surface area (Å²) in [6.07, 6.45) is 14.0. The van der Waals surface area contributed by atoms with E-state index >= 15 is 0 Å². The molecular weight excluding hydrogens is 374 g/mol. The third kappa shape index (κ3) is 4.08. The smallest absolute Gasteiger partial charge is 0.127 e. The van der Waals surface area contributed by atoms with Gasteiger partial charge in [0, 0.05) is 11.8 Å². The van der Waals surface area contributed by atoms with E-state index in [9.17, 15) is 0 Å². The molecule has 4 heteroatoms. The van der Waals surface area contributed by atoms with Crippen LogP contribution < -0.4 is 5.32 Å². The van der Waals surface area contributed by atoms with Crippen molar-refractivity contribution in [1.82, 2.24) is 9.97 Å². The van der Waals surface area contributed by atoms with Gasteiger partial charge in [-0.1, -0.05) is 61.1 Å². The van der Waals surface area contributed by atoms with Crippen LogP contribution in [0.4, 0.5) is 5.82 Å². The highest BCUT2D eigenvalue weighted by Crippen LogP contribution is 2.38. The van der Waals surface area contributed by atoms with Gasteiger partial charge in [-0.2, -0.15) is 0 Å². The van der Waals surface area contributed by atoms with Crippen LogP contribution in [0.1, 0.15) is 23.9 Å². The second-order valence-electron chi connectivity index (χ2n) is 7.30. The van der Waals surface area contributed by atoms with E-state index in [4.69, 9.17) is 4.98 Å². The summed E-state index contributed by atoms with van der Waals surface area (Å²) in [5.74, 6) is 0.837. The van der Waals surface area contributed by atoms with Gasteiger partial charge in [0.25, 0.3) is 0 Å². The Morgan fingerprint density at radius 2 is 2.10 bits per heavy atom. The minimum Gasteiger partial charge on any atom is -0.357 e. The van der Waals surface area contributed by atoms with Gasteiger partial charge in [-0.3, -0.25) is 0 Å². The summed E-state index contributed by atoms with van der Waals surface area (Å²) < 4.78 is 0. The third-order valence-electron chi connectivity index (χ3n) is 5.11. The lowest BCUT2D eigenvalue weighted by Crippen LogP contribution is -2.34.